The van der Waals surface area contributed by atoms with Crippen LogP contribution in [0.15, 0.2) is 6.07 Å². The summed E-state index contributed by atoms with van der Waals surface area (Å²) >= 11 is 5.37. The quantitative estimate of drug-likeness (QED) is 0.829. The molecule has 0 saturated heterocycles. The molecule has 0 aliphatic heterocycles. The van der Waals surface area contributed by atoms with Gasteiger partial charge in [0.15, 0.2) is 0 Å². The van der Waals surface area contributed by atoms with Crippen LogP contribution in [-0.2, 0) is 12.8 Å². The van der Waals surface area contributed by atoms with Gasteiger partial charge in [0.1, 0.15) is 0 Å². The van der Waals surface area contributed by atoms with Gasteiger partial charge in [0.2, 0.25) is 0 Å². The number of hydrogen-bond acceptors (Lipinski definition) is 2. The predicted molar refractivity (Wildman–Crippen MR) is 83.4 cm³/mol. The van der Waals surface area contributed by atoms with Crippen LogP contribution in [0, 0.1) is 5.92 Å². The highest BCUT2D eigenvalue weighted by atomic mass is 79.9. The Morgan fingerprint density at radius 3 is 2.84 bits per heavy atom. The number of alkyl halides is 1. The van der Waals surface area contributed by atoms with Gasteiger partial charge in [0.25, 0.3) is 5.91 Å². The number of hydrogen-bond donors (Lipinski definition) is 1. The van der Waals surface area contributed by atoms with Gasteiger partial charge in [0, 0.05) is 16.2 Å². The molecule has 0 bridgehead atoms. The Morgan fingerprint density at radius 1 is 1.32 bits per heavy atom. The van der Waals surface area contributed by atoms with Crippen molar-refractivity contribution in [2.75, 3.05) is 6.54 Å². The van der Waals surface area contributed by atoms with Crippen LogP contribution in [-0.4, -0.2) is 17.3 Å². The zero-order valence-corrected chi connectivity index (χ0v) is 13.5. The van der Waals surface area contributed by atoms with Gasteiger partial charge in [-0.05, 0) is 62.5 Å². The molecule has 0 unspecified atom stereocenters. The molecule has 1 saturated carbocycles. The topological polar surface area (TPSA) is 29.1 Å². The molecule has 1 amide bonds. The van der Waals surface area contributed by atoms with E-state index in [0.717, 1.165) is 17.8 Å². The van der Waals surface area contributed by atoms with E-state index in [1.54, 1.807) is 11.3 Å². The highest BCUT2D eigenvalue weighted by molar-refractivity contribution is 9.09. The first kappa shape index (κ1) is 13.6. The summed E-state index contributed by atoms with van der Waals surface area (Å²) in [7, 11) is 0. The maximum Gasteiger partial charge on any atom is 0.261 e. The minimum absolute atomic E-state index is 0.139. The van der Waals surface area contributed by atoms with Crippen LogP contribution in [0.1, 0.15) is 52.2 Å². The third-order valence-electron chi connectivity index (χ3n) is 4.30. The van der Waals surface area contributed by atoms with Crippen molar-refractivity contribution in [3.8, 4) is 0 Å². The minimum Gasteiger partial charge on any atom is -0.351 e. The number of thiophene rings is 1. The van der Waals surface area contributed by atoms with E-state index in [2.05, 4.69) is 27.3 Å². The summed E-state index contributed by atoms with van der Waals surface area (Å²) in [6, 6.07) is 2.11. The Bertz CT molecular complexity index is 441. The van der Waals surface area contributed by atoms with Crippen molar-refractivity contribution in [1.29, 1.82) is 0 Å². The van der Waals surface area contributed by atoms with Crippen LogP contribution in [0.4, 0.5) is 0 Å². The molecule has 0 radical (unpaired) electrons. The highest BCUT2D eigenvalue weighted by Gasteiger charge is 2.21. The average Bonchev–Trinajstić information content (AvgIpc) is 2.98. The van der Waals surface area contributed by atoms with E-state index in [4.69, 9.17) is 0 Å². The Morgan fingerprint density at radius 2 is 2.11 bits per heavy atom. The Labute approximate surface area is 127 Å². The van der Waals surface area contributed by atoms with Crippen LogP contribution in [0.5, 0.6) is 0 Å². The summed E-state index contributed by atoms with van der Waals surface area (Å²) in [5.41, 5.74) is 1.41. The summed E-state index contributed by atoms with van der Waals surface area (Å²) in [5, 5.41) is 3.13. The van der Waals surface area contributed by atoms with Gasteiger partial charge in [-0.2, -0.15) is 0 Å². The van der Waals surface area contributed by atoms with Crippen molar-refractivity contribution >= 4 is 33.2 Å². The molecule has 1 aromatic heterocycles. The van der Waals surface area contributed by atoms with Gasteiger partial charge in [-0.1, -0.05) is 15.9 Å². The fourth-order valence-electron chi connectivity index (χ4n) is 3.09. The highest BCUT2D eigenvalue weighted by Crippen LogP contribution is 2.31. The molecule has 19 heavy (non-hydrogen) atoms. The molecule has 104 valence electrons. The molecule has 1 N–H and O–H groups in total. The smallest absolute Gasteiger partial charge is 0.261 e. The van der Waals surface area contributed by atoms with E-state index in [0.29, 0.717) is 10.7 Å². The lowest BCUT2D eigenvalue weighted by molar-refractivity contribution is 0.0948. The van der Waals surface area contributed by atoms with Crippen LogP contribution in [0.2, 0.25) is 0 Å². The van der Waals surface area contributed by atoms with Gasteiger partial charge < -0.3 is 5.32 Å². The molecule has 2 nitrogen and oxygen atoms in total. The fraction of sp³-hybridized carbons (Fsp3) is 0.667. The Hall–Kier alpha value is -0.350. The third kappa shape index (κ3) is 3.22. The number of fused-ring (bicyclic) bond motifs is 1. The van der Waals surface area contributed by atoms with Crippen molar-refractivity contribution in [3.05, 3.63) is 21.4 Å². The standard InChI is InChI=1S/C15H20BrNOS/c16-12-6-4-10(5-7-12)9-17-15(18)14-8-11-2-1-3-13(11)19-14/h8,10,12H,1-7,9H2,(H,17,18). The summed E-state index contributed by atoms with van der Waals surface area (Å²) in [4.78, 5) is 15.2. The lowest BCUT2D eigenvalue weighted by Gasteiger charge is -2.25. The second-order valence-electron chi connectivity index (χ2n) is 5.74. The number of carbonyl (C=O) groups excluding carboxylic acids is 1. The first-order valence-corrected chi connectivity index (χ1v) is 8.99. The first-order chi connectivity index (χ1) is 9.22. The molecule has 0 aromatic carbocycles. The summed E-state index contributed by atoms with van der Waals surface area (Å²) in [5.74, 6) is 0.810. The normalized spacial score (nSPS) is 26.2. The summed E-state index contributed by atoms with van der Waals surface area (Å²) in [6.07, 6.45) is 8.55. The van der Waals surface area contributed by atoms with Crippen LogP contribution in [0.25, 0.3) is 0 Å². The van der Waals surface area contributed by atoms with Crippen molar-refractivity contribution in [1.82, 2.24) is 5.32 Å². The maximum absolute atomic E-state index is 12.1. The maximum atomic E-state index is 12.1. The number of nitrogens with one attached hydrogen (secondary N) is 1. The fourth-order valence-corrected chi connectivity index (χ4v) is 4.79. The third-order valence-corrected chi connectivity index (χ3v) is 6.45. The molecule has 3 rings (SSSR count). The van der Waals surface area contributed by atoms with E-state index in [9.17, 15) is 4.79 Å². The summed E-state index contributed by atoms with van der Waals surface area (Å²) < 4.78 is 0. The van der Waals surface area contributed by atoms with E-state index >= 15 is 0 Å². The predicted octanol–water partition coefficient (Wildman–Crippen LogP) is 3.92. The van der Waals surface area contributed by atoms with E-state index in [1.807, 2.05) is 0 Å². The SMILES string of the molecule is O=C(NCC1CCC(Br)CC1)c1cc2c(s1)CCC2. The largest absolute Gasteiger partial charge is 0.351 e. The Kier molecular flexibility index (Phi) is 4.27. The van der Waals surface area contributed by atoms with E-state index in [-0.39, 0.29) is 5.91 Å². The summed E-state index contributed by atoms with van der Waals surface area (Å²) in [6.45, 7) is 0.848. The number of halogens is 1. The molecule has 0 atom stereocenters. The van der Waals surface area contributed by atoms with Gasteiger partial charge in [-0.3, -0.25) is 4.79 Å². The van der Waals surface area contributed by atoms with E-state index in [1.165, 1.54) is 49.0 Å². The molecule has 4 heteroatoms. The van der Waals surface area contributed by atoms with Crippen molar-refractivity contribution in [3.63, 3.8) is 0 Å². The Balaban J connectivity index is 1.51. The molecule has 2 aliphatic rings. The molecular weight excluding hydrogens is 322 g/mol. The number of carbonyl (C=O) groups is 1. The van der Waals surface area contributed by atoms with Crippen molar-refractivity contribution in [2.45, 2.75) is 49.8 Å². The molecule has 1 heterocycles. The zero-order valence-electron chi connectivity index (χ0n) is 11.1. The van der Waals surface area contributed by atoms with Crippen LogP contribution in [0.3, 0.4) is 0 Å². The number of amides is 1. The van der Waals surface area contributed by atoms with Crippen molar-refractivity contribution < 1.29 is 4.79 Å². The monoisotopic (exact) mass is 341 g/mol. The number of rotatable bonds is 3. The lowest BCUT2D eigenvalue weighted by atomic mass is 9.89. The van der Waals surface area contributed by atoms with E-state index < -0.39 is 0 Å². The van der Waals surface area contributed by atoms with Gasteiger partial charge in [0.05, 0.1) is 4.88 Å². The first-order valence-electron chi connectivity index (χ1n) is 7.26. The second kappa shape index (κ2) is 5.96. The molecular formula is C15H20BrNOS. The minimum atomic E-state index is 0.139. The van der Waals surface area contributed by atoms with Gasteiger partial charge >= 0.3 is 0 Å². The molecule has 0 spiro atoms. The average molecular weight is 342 g/mol. The van der Waals surface area contributed by atoms with Crippen LogP contribution >= 0.6 is 27.3 Å². The molecule has 1 aromatic rings. The van der Waals surface area contributed by atoms with Gasteiger partial charge in [-0.15, -0.1) is 11.3 Å². The lowest BCUT2D eigenvalue weighted by Crippen LogP contribution is -2.30. The van der Waals surface area contributed by atoms with Crippen molar-refractivity contribution in [2.24, 2.45) is 5.92 Å². The van der Waals surface area contributed by atoms with Gasteiger partial charge in [-0.25, -0.2) is 0 Å². The zero-order chi connectivity index (χ0) is 13.2. The second-order valence-corrected chi connectivity index (χ2v) is 8.17. The molecule has 1 fully saturated rings. The number of aryl methyl sites for hydroxylation is 2. The van der Waals surface area contributed by atoms with Crippen LogP contribution < -0.4 is 5.32 Å². The molecule has 2 aliphatic carbocycles.